The fourth-order valence-electron chi connectivity index (χ4n) is 1.94. The molecule has 2 aromatic carbocycles. The molecule has 3 nitrogen and oxygen atoms in total. The minimum atomic E-state index is -1.17. The van der Waals surface area contributed by atoms with Crippen LogP contribution in [0, 0.1) is 0 Å². The second kappa shape index (κ2) is 5.67. The van der Waals surface area contributed by atoms with Gasteiger partial charge in [0.2, 0.25) is 5.91 Å². The van der Waals surface area contributed by atoms with Gasteiger partial charge in [-0.25, -0.2) is 0 Å². The van der Waals surface area contributed by atoms with Crippen LogP contribution in [0.25, 0.3) is 0 Å². The van der Waals surface area contributed by atoms with Gasteiger partial charge in [-0.2, -0.15) is 0 Å². The third kappa shape index (κ3) is 3.66. The highest BCUT2D eigenvalue weighted by Crippen LogP contribution is 2.24. The first-order chi connectivity index (χ1) is 9.08. The van der Waals surface area contributed by atoms with Crippen LogP contribution >= 0.6 is 0 Å². The topological polar surface area (TPSA) is 49.3 Å². The molecule has 2 aromatic rings. The Bertz CT molecular complexity index is 535. The number of carbonyl (C=O) groups excluding carboxylic acids is 1. The zero-order valence-corrected chi connectivity index (χ0v) is 10.8. The van der Waals surface area contributed by atoms with Crippen LogP contribution in [0.1, 0.15) is 18.9 Å². The van der Waals surface area contributed by atoms with Crippen molar-refractivity contribution < 1.29 is 9.90 Å². The number of para-hydroxylation sites is 1. The summed E-state index contributed by atoms with van der Waals surface area (Å²) >= 11 is 0. The van der Waals surface area contributed by atoms with Gasteiger partial charge >= 0.3 is 0 Å². The molecule has 0 aliphatic rings. The molecular formula is C16H17NO2. The molecule has 1 amide bonds. The van der Waals surface area contributed by atoms with E-state index in [-0.39, 0.29) is 12.3 Å². The maximum Gasteiger partial charge on any atom is 0.227 e. The Balaban J connectivity index is 2.02. The Morgan fingerprint density at radius 1 is 1.05 bits per heavy atom. The lowest BCUT2D eigenvalue weighted by molar-refractivity contribution is -0.120. The van der Waals surface area contributed by atoms with Crippen LogP contribution in [0.15, 0.2) is 60.7 Å². The van der Waals surface area contributed by atoms with E-state index in [0.717, 1.165) is 11.3 Å². The molecule has 0 spiro atoms. The predicted octanol–water partition coefficient (Wildman–Crippen LogP) is 2.92. The van der Waals surface area contributed by atoms with E-state index in [1.807, 2.05) is 60.7 Å². The van der Waals surface area contributed by atoms with E-state index in [1.165, 1.54) is 0 Å². The Morgan fingerprint density at radius 3 is 2.16 bits per heavy atom. The van der Waals surface area contributed by atoms with Crippen molar-refractivity contribution in [1.29, 1.82) is 0 Å². The number of benzene rings is 2. The van der Waals surface area contributed by atoms with E-state index in [9.17, 15) is 9.90 Å². The highest BCUT2D eigenvalue weighted by molar-refractivity contribution is 5.91. The summed E-state index contributed by atoms with van der Waals surface area (Å²) in [5.74, 6) is -0.208. The van der Waals surface area contributed by atoms with Gasteiger partial charge in [-0.15, -0.1) is 0 Å². The number of nitrogens with one attached hydrogen (secondary N) is 1. The third-order valence-corrected chi connectivity index (χ3v) is 2.96. The Morgan fingerprint density at radius 2 is 1.58 bits per heavy atom. The van der Waals surface area contributed by atoms with Crippen molar-refractivity contribution in [2.75, 3.05) is 5.32 Å². The fraction of sp³-hybridized carbons (Fsp3) is 0.188. The molecule has 1 atom stereocenters. The largest absolute Gasteiger partial charge is 0.385 e. The van der Waals surface area contributed by atoms with Gasteiger partial charge in [-0.3, -0.25) is 4.79 Å². The maximum atomic E-state index is 11.9. The number of carbonyl (C=O) groups is 1. The van der Waals surface area contributed by atoms with Crippen molar-refractivity contribution in [3.63, 3.8) is 0 Å². The van der Waals surface area contributed by atoms with Crippen molar-refractivity contribution in [2.45, 2.75) is 18.9 Å². The number of amides is 1. The second-order valence-electron chi connectivity index (χ2n) is 4.73. The van der Waals surface area contributed by atoms with E-state index in [0.29, 0.717) is 0 Å². The summed E-state index contributed by atoms with van der Waals surface area (Å²) in [4.78, 5) is 11.9. The normalized spacial score (nSPS) is 13.6. The minimum Gasteiger partial charge on any atom is -0.385 e. The summed E-state index contributed by atoms with van der Waals surface area (Å²) in [6, 6.07) is 18.4. The first-order valence-corrected chi connectivity index (χ1v) is 6.21. The van der Waals surface area contributed by atoms with Crippen LogP contribution < -0.4 is 5.32 Å². The molecule has 3 heteroatoms. The van der Waals surface area contributed by atoms with E-state index in [4.69, 9.17) is 0 Å². The molecule has 0 radical (unpaired) electrons. The molecule has 1 unspecified atom stereocenters. The Kier molecular flexibility index (Phi) is 3.97. The lowest BCUT2D eigenvalue weighted by Crippen LogP contribution is -2.28. The highest BCUT2D eigenvalue weighted by Gasteiger charge is 2.26. The van der Waals surface area contributed by atoms with Gasteiger partial charge in [0.1, 0.15) is 0 Å². The van der Waals surface area contributed by atoms with Gasteiger partial charge in [0.25, 0.3) is 0 Å². The number of hydrogen-bond donors (Lipinski definition) is 2. The van der Waals surface area contributed by atoms with Crippen LogP contribution in [-0.2, 0) is 10.4 Å². The van der Waals surface area contributed by atoms with E-state index >= 15 is 0 Å². The molecule has 0 heterocycles. The van der Waals surface area contributed by atoms with Crippen molar-refractivity contribution in [3.05, 3.63) is 66.2 Å². The molecule has 0 saturated carbocycles. The Hall–Kier alpha value is -2.13. The summed E-state index contributed by atoms with van der Waals surface area (Å²) in [5, 5.41) is 13.1. The summed E-state index contributed by atoms with van der Waals surface area (Å²) < 4.78 is 0. The van der Waals surface area contributed by atoms with Crippen LogP contribution in [0.3, 0.4) is 0 Å². The van der Waals surface area contributed by atoms with Gasteiger partial charge in [0.15, 0.2) is 0 Å². The lowest BCUT2D eigenvalue weighted by atomic mass is 9.92. The zero-order valence-electron chi connectivity index (χ0n) is 10.8. The molecule has 0 aliphatic heterocycles. The highest BCUT2D eigenvalue weighted by atomic mass is 16.3. The molecule has 19 heavy (non-hydrogen) atoms. The van der Waals surface area contributed by atoms with E-state index < -0.39 is 5.60 Å². The molecule has 2 rings (SSSR count). The molecule has 0 bridgehead atoms. The zero-order chi connectivity index (χ0) is 13.7. The van der Waals surface area contributed by atoms with E-state index in [1.54, 1.807) is 6.92 Å². The smallest absolute Gasteiger partial charge is 0.227 e. The number of anilines is 1. The monoisotopic (exact) mass is 255 g/mol. The molecule has 98 valence electrons. The van der Waals surface area contributed by atoms with Crippen LogP contribution in [0.5, 0.6) is 0 Å². The number of hydrogen-bond acceptors (Lipinski definition) is 2. The fourth-order valence-corrected chi connectivity index (χ4v) is 1.94. The van der Waals surface area contributed by atoms with Crippen LogP contribution in [-0.4, -0.2) is 11.0 Å². The molecular weight excluding hydrogens is 238 g/mol. The van der Waals surface area contributed by atoms with Crippen molar-refractivity contribution in [3.8, 4) is 0 Å². The number of aliphatic hydroxyl groups is 1. The maximum absolute atomic E-state index is 11.9. The molecule has 0 aliphatic carbocycles. The van der Waals surface area contributed by atoms with Gasteiger partial charge < -0.3 is 10.4 Å². The predicted molar refractivity (Wildman–Crippen MR) is 75.7 cm³/mol. The van der Waals surface area contributed by atoms with Gasteiger partial charge in [-0.05, 0) is 24.6 Å². The average molecular weight is 255 g/mol. The Labute approximate surface area is 112 Å². The molecule has 0 saturated heterocycles. The molecule has 0 aromatic heterocycles. The van der Waals surface area contributed by atoms with Crippen molar-refractivity contribution >= 4 is 11.6 Å². The van der Waals surface area contributed by atoms with Gasteiger partial charge in [-0.1, -0.05) is 48.5 Å². The minimum absolute atomic E-state index is 0.0197. The lowest BCUT2D eigenvalue weighted by Gasteiger charge is -2.23. The summed E-state index contributed by atoms with van der Waals surface area (Å²) in [6.07, 6.45) is 0.0197. The van der Waals surface area contributed by atoms with Gasteiger partial charge in [0.05, 0.1) is 12.0 Å². The average Bonchev–Trinajstić information content (AvgIpc) is 2.40. The standard InChI is InChI=1S/C16H17NO2/c1-16(19,13-8-4-2-5-9-13)12-15(18)17-14-10-6-3-7-11-14/h2-11,19H,12H2,1H3,(H,17,18). The van der Waals surface area contributed by atoms with Crippen molar-refractivity contribution in [2.24, 2.45) is 0 Å². The van der Waals surface area contributed by atoms with Crippen LogP contribution in [0.4, 0.5) is 5.69 Å². The van der Waals surface area contributed by atoms with Crippen LogP contribution in [0.2, 0.25) is 0 Å². The van der Waals surface area contributed by atoms with Gasteiger partial charge in [0, 0.05) is 5.69 Å². The number of rotatable bonds is 4. The summed E-state index contributed by atoms with van der Waals surface area (Å²) in [7, 11) is 0. The first-order valence-electron chi connectivity index (χ1n) is 6.21. The quantitative estimate of drug-likeness (QED) is 0.882. The first kappa shape index (κ1) is 13.3. The third-order valence-electron chi connectivity index (χ3n) is 2.96. The van der Waals surface area contributed by atoms with Crippen molar-refractivity contribution in [1.82, 2.24) is 0 Å². The van der Waals surface area contributed by atoms with E-state index in [2.05, 4.69) is 5.32 Å². The summed E-state index contributed by atoms with van der Waals surface area (Å²) in [6.45, 7) is 1.65. The molecule has 2 N–H and O–H groups in total. The second-order valence-corrected chi connectivity index (χ2v) is 4.73. The summed E-state index contributed by atoms with van der Waals surface area (Å²) in [5.41, 5.74) is 0.301. The SMILES string of the molecule is CC(O)(CC(=O)Nc1ccccc1)c1ccccc1. The molecule has 0 fully saturated rings.